The van der Waals surface area contributed by atoms with Crippen molar-refractivity contribution in [2.45, 2.75) is 13.3 Å². The molecule has 0 amide bonds. The quantitative estimate of drug-likeness (QED) is 0.654. The van der Waals surface area contributed by atoms with Crippen molar-refractivity contribution in [2.75, 3.05) is 12.8 Å². The minimum atomic E-state index is 0.841. The fourth-order valence-electron chi connectivity index (χ4n) is 1.02. The van der Waals surface area contributed by atoms with E-state index >= 15 is 0 Å². The second kappa shape index (κ2) is 3.28. The van der Waals surface area contributed by atoms with E-state index in [1.54, 1.807) is 7.11 Å². The maximum atomic E-state index is 5.70. The first-order valence-electron chi connectivity index (χ1n) is 3.70. The minimum Gasteiger partial charge on any atom is -0.497 e. The van der Waals surface area contributed by atoms with E-state index in [-0.39, 0.29) is 0 Å². The van der Waals surface area contributed by atoms with E-state index in [9.17, 15) is 0 Å². The molecule has 0 aliphatic rings. The topological polar surface area (TPSA) is 35.2 Å². The van der Waals surface area contributed by atoms with E-state index in [2.05, 4.69) is 6.92 Å². The van der Waals surface area contributed by atoms with Crippen molar-refractivity contribution < 1.29 is 4.74 Å². The van der Waals surface area contributed by atoms with Crippen molar-refractivity contribution in [1.82, 2.24) is 0 Å². The van der Waals surface area contributed by atoms with E-state index in [0.717, 1.165) is 23.4 Å². The summed E-state index contributed by atoms with van der Waals surface area (Å²) in [4.78, 5) is 0. The van der Waals surface area contributed by atoms with Crippen LogP contribution >= 0.6 is 0 Å². The summed E-state index contributed by atoms with van der Waals surface area (Å²) in [5.41, 5.74) is 7.68. The zero-order valence-corrected chi connectivity index (χ0v) is 6.92. The second-order valence-corrected chi connectivity index (χ2v) is 2.42. The van der Waals surface area contributed by atoms with Crippen molar-refractivity contribution >= 4 is 5.69 Å². The van der Waals surface area contributed by atoms with Crippen molar-refractivity contribution in [2.24, 2.45) is 0 Å². The lowest BCUT2D eigenvalue weighted by Gasteiger charge is -2.04. The predicted octanol–water partition coefficient (Wildman–Crippen LogP) is 1.84. The summed E-state index contributed by atoms with van der Waals surface area (Å²) in [6, 6.07) is 5.71. The molecule has 0 saturated heterocycles. The van der Waals surface area contributed by atoms with Crippen LogP contribution in [0, 0.1) is 0 Å². The molecule has 0 radical (unpaired) electrons. The van der Waals surface area contributed by atoms with Gasteiger partial charge in [0.2, 0.25) is 0 Å². The second-order valence-electron chi connectivity index (χ2n) is 2.42. The summed E-state index contributed by atoms with van der Waals surface area (Å²) < 4.78 is 5.06. The average molecular weight is 151 g/mol. The fourth-order valence-corrected chi connectivity index (χ4v) is 1.02. The third-order valence-corrected chi connectivity index (χ3v) is 1.73. The highest BCUT2D eigenvalue weighted by Crippen LogP contribution is 2.19. The van der Waals surface area contributed by atoms with Crippen LogP contribution in [-0.2, 0) is 6.42 Å². The Morgan fingerprint density at radius 1 is 1.45 bits per heavy atom. The summed E-state index contributed by atoms with van der Waals surface area (Å²) in [7, 11) is 1.66. The van der Waals surface area contributed by atoms with Crippen molar-refractivity contribution in [1.29, 1.82) is 0 Å². The molecule has 0 bridgehead atoms. The molecule has 11 heavy (non-hydrogen) atoms. The Kier molecular flexibility index (Phi) is 2.36. The molecule has 2 nitrogen and oxygen atoms in total. The summed E-state index contributed by atoms with van der Waals surface area (Å²) in [6.45, 7) is 2.07. The molecule has 1 aromatic rings. The van der Waals surface area contributed by atoms with Gasteiger partial charge in [-0.3, -0.25) is 0 Å². The summed E-state index contributed by atoms with van der Waals surface area (Å²) in [5, 5.41) is 0. The Labute approximate surface area is 67.0 Å². The number of rotatable bonds is 2. The highest BCUT2D eigenvalue weighted by Gasteiger charge is 1.97. The standard InChI is InChI=1S/C9H13NO/c1-3-7-6-8(11-2)4-5-9(7)10/h4-6H,3,10H2,1-2H3. The van der Waals surface area contributed by atoms with Gasteiger partial charge < -0.3 is 10.5 Å². The number of anilines is 1. The smallest absolute Gasteiger partial charge is 0.119 e. The molecule has 0 heterocycles. The van der Waals surface area contributed by atoms with Gasteiger partial charge in [0.15, 0.2) is 0 Å². The maximum Gasteiger partial charge on any atom is 0.119 e. The van der Waals surface area contributed by atoms with Crippen LogP contribution in [0.1, 0.15) is 12.5 Å². The van der Waals surface area contributed by atoms with Gasteiger partial charge in [-0.05, 0) is 30.2 Å². The lowest BCUT2D eigenvalue weighted by atomic mass is 10.1. The summed E-state index contributed by atoms with van der Waals surface area (Å²) in [6.07, 6.45) is 0.947. The molecule has 0 unspecified atom stereocenters. The van der Waals surface area contributed by atoms with Crippen LogP contribution < -0.4 is 10.5 Å². The molecule has 0 fully saturated rings. The molecule has 2 N–H and O–H groups in total. The first-order chi connectivity index (χ1) is 5.27. The van der Waals surface area contributed by atoms with E-state index in [1.807, 2.05) is 18.2 Å². The number of methoxy groups -OCH3 is 1. The molecule has 0 atom stereocenters. The third-order valence-electron chi connectivity index (χ3n) is 1.73. The van der Waals surface area contributed by atoms with Crippen LogP contribution in [0.4, 0.5) is 5.69 Å². The van der Waals surface area contributed by atoms with Gasteiger partial charge in [0, 0.05) is 5.69 Å². The van der Waals surface area contributed by atoms with Crippen LogP contribution in [0.2, 0.25) is 0 Å². The fraction of sp³-hybridized carbons (Fsp3) is 0.333. The van der Waals surface area contributed by atoms with Crippen molar-refractivity contribution in [3.63, 3.8) is 0 Å². The van der Waals surface area contributed by atoms with Crippen LogP contribution in [-0.4, -0.2) is 7.11 Å². The van der Waals surface area contributed by atoms with Gasteiger partial charge in [-0.2, -0.15) is 0 Å². The molecule has 1 aromatic carbocycles. The van der Waals surface area contributed by atoms with E-state index in [1.165, 1.54) is 0 Å². The van der Waals surface area contributed by atoms with Crippen LogP contribution in [0.25, 0.3) is 0 Å². The predicted molar refractivity (Wildman–Crippen MR) is 46.8 cm³/mol. The number of hydrogen-bond donors (Lipinski definition) is 1. The lowest BCUT2D eigenvalue weighted by molar-refractivity contribution is 0.414. The number of nitrogens with two attached hydrogens (primary N) is 1. The van der Waals surface area contributed by atoms with Gasteiger partial charge in [-0.25, -0.2) is 0 Å². The molecule has 0 aliphatic carbocycles. The number of aryl methyl sites for hydroxylation is 1. The molecule has 0 spiro atoms. The Morgan fingerprint density at radius 2 is 2.18 bits per heavy atom. The van der Waals surface area contributed by atoms with E-state index < -0.39 is 0 Å². The molecule has 0 aliphatic heterocycles. The Morgan fingerprint density at radius 3 is 2.73 bits per heavy atom. The normalized spacial score (nSPS) is 9.64. The molecular formula is C9H13NO. The highest BCUT2D eigenvalue weighted by molar-refractivity contribution is 5.50. The van der Waals surface area contributed by atoms with E-state index in [0.29, 0.717) is 0 Å². The molecule has 0 aromatic heterocycles. The van der Waals surface area contributed by atoms with Gasteiger partial charge in [0.1, 0.15) is 5.75 Å². The van der Waals surface area contributed by atoms with Crippen LogP contribution in [0.15, 0.2) is 18.2 Å². The van der Waals surface area contributed by atoms with Gasteiger partial charge in [-0.1, -0.05) is 6.92 Å². The van der Waals surface area contributed by atoms with Gasteiger partial charge in [0.05, 0.1) is 7.11 Å². The lowest BCUT2D eigenvalue weighted by Crippen LogP contribution is -1.93. The molecule has 2 heteroatoms. The molecule has 0 saturated carbocycles. The summed E-state index contributed by atoms with van der Waals surface area (Å²) >= 11 is 0. The molecule has 60 valence electrons. The van der Waals surface area contributed by atoms with Gasteiger partial charge >= 0.3 is 0 Å². The van der Waals surface area contributed by atoms with Crippen molar-refractivity contribution in [3.05, 3.63) is 23.8 Å². The molecular weight excluding hydrogens is 138 g/mol. The van der Waals surface area contributed by atoms with Gasteiger partial charge in [-0.15, -0.1) is 0 Å². The zero-order valence-electron chi connectivity index (χ0n) is 6.92. The number of nitrogen functional groups attached to an aromatic ring is 1. The number of benzene rings is 1. The maximum absolute atomic E-state index is 5.70. The Hall–Kier alpha value is -1.18. The van der Waals surface area contributed by atoms with Crippen LogP contribution in [0.3, 0.4) is 0 Å². The monoisotopic (exact) mass is 151 g/mol. The van der Waals surface area contributed by atoms with Gasteiger partial charge in [0.25, 0.3) is 0 Å². The van der Waals surface area contributed by atoms with Crippen molar-refractivity contribution in [3.8, 4) is 5.75 Å². The Bertz CT molecular complexity index is 245. The third kappa shape index (κ3) is 1.64. The van der Waals surface area contributed by atoms with E-state index in [4.69, 9.17) is 10.5 Å². The first-order valence-corrected chi connectivity index (χ1v) is 3.70. The average Bonchev–Trinajstić information content (AvgIpc) is 2.05. The summed E-state index contributed by atoms with van der Waals surface area (Å²) in [5.74, 6) is 0.871. The zero-order chi connectivity index (χ0) is 8.27. The molecule has 1 rings (SSSR count). The number of hydrogen-bond acceptors (Lipinski definition) is 2. The SMILES string of the molecule is CCc1cc(OC)ccc1N. The highest BCUT2D eigenvalue weighted by atomic mass is 16.5. The largest absolute Gasteiger partial charge is 0.497 e. The minimum absolute atomic E-state index is 0.841. The Balaban J connectivity index is 3.02. The number of ether oxygens (including phenoxy) is 1. The first kappa shape index (κ1) is 7.92. The van der Waals surface area contributed by atoms with Crippen LogP contribution in [0.5, 0.6) is 5.75 Å².